The van der Waals surface area contributed by atoms with Gasteiger partial charge in [0, 0.05) is 43.3 Å². The third-order valence-electron chi connectivity index (χ3n) is 6.80. The van der Waals surface area contributed by atoms with Crippen molar-refractivity contribution in [3.05, 3.63) is 95.6 Å². The van der Waals surface area contributed by atoms with Gasteiger partial charge in [0.05, 0.1) is 22.4 Å². The van der Waals surface area contributed by atoms with E-state index in [4.69, 9.17) is 9.40 Å². The molecule has 4 aromatic carbocycles. The van der Waals surface area contributed by atoms with E-state index in [9.17, 15) is 8.78 Å². The fraction of sp³-hybridized carbons (Fsp3) is 0.194. The van der Waals surface area contributed by atoms with Crippen molar-refractivity contribution in [2.75, 3.05) is 0 Å². The van der Waals surface area contributed by atoms with E-state index in [-0.39, 0.29) is 43.6 Å². The molecular formula is C31H25F2IrN2O-. The van der Waals surface area contributed by atoms with Crippen molar-refractivity contribution in [2.24, 2.45) is 0 Å². The summed E-state index contributed by atoms with van der Waals surface area (Å²) in [4.78, 5) is 4.92. The van der Waals surface area contributed by atoms with Gasteiger partial charge in [-0.15, -0.1) is 18.2 Å². The van der Waals surface area contributed by atoms with Gasteiger partial charge in [-0.05, 0) is 47.2 Å². The molecule has 2 aromatic heterocycles. The first-order valence-electron chi connectivity index (χ1n) is 12.2. The van der Waals surface area contributed by atoms with Gasteiger partial charge in [-0.2, -0.15) is 0 Å². The normalized spacial score (nSPS) is 11.8. The van der Waals surface area contributed by atoms with Gasteiger partial charge in [0.25, 0.3) is 0 Å². The molecule has 1 radical (unpaired) electrons. The molecule has 0 aliphatic carbocycles. The molecule has 0 fully saturated rings. The number of furan rings is 1. The van der Waals surface area contributed by atoms with E-state index < -0.39 is 0 Å². The standard InChI is InChI=1S/C31H25F2N2O.Ir/c1-17(2)21-7-5-8-22(18(3)4)29(21)35-27-14-12-19(32)15-26(27)34-31(35)25-10-6-9-24-23-13-11-20(33)16-28(23)36-30(24)25;/h5-9,11-18H,1-4H3;/q-1;. The first-order valence-corrected chi connectivity index (χ1v) is 12.2. The van der Waals surface area contributed by atoms with E-state index in [0.717, 1.165) is 22.0 Å². The van der Waals surface area contributed by atoms with E-state index >= 15 is 0 Å². The van der Waals surface area contributed by atoms with Gasteiger partial charge in [-0.25, -0.2) is 8.78 Å². The first-order chi connectivity index (χ1) is 17.3. The quantitative estimate of drug-likeness (QED) is 0.175. The van der Waals surface area contributed by atoms with Crippen LogP contribution in [-0.4, -0.2) is 9.55 Å². The van der Waals surface area contributed by atoms with E-state index in [1.165, 1.54) is 35.4 Å². The maximum absolute atomic E-state index is 14.3. The van der Waals surface area contributed by atoms with Crippen LogP contribution in [0.15, 0.2) is 71.1 Å². The fourth-order valence-corrected chi connectivity index (χ4v) is 5.10. The summed E-state index contributed by atoms with van der Waals surface area (Å²) in [6.45, 7) is 8.67. The summed E-state index contributed by atoms with van der Waals surface area (Å²) in [5, 5.41) is 1.67. The summed E-state index contributed by atoms with van der Waals surface area (Å²) >= 11 is 0. The Bertz CT molecular complexity index is 1760. The van der Waals surface area contributed by atoms with Crippen molar-refractivity contribution in [3.63, 3.8) is 0 Å². The van der Waals surface area contributed by atoms with E-state index in [2.05, 4.69) is 56.5 Å². The number of rotatable bonds is 4. The van der Waals surface area contributed by atoms with Crippen LogP contribution in [0.4, 0.5) is 8.78 Å². The van der Waals surface area contributed by atoms with Crippen LogP contribution in [0.2, 0.25) is 0 Å². The molecule has 37 heavy (non-hydrogen) atoms. The van der Waals surface area contributed by atoms with Crippen LogP contribution in [0.25, 0.3) is 50.0 Å². The molecule has 0 saturated carbocycles. The molecule has 0 saturated heterocycles. The summed E-state index contributed by atoms with van der Waals surface area (Å²) in [5.41, 5.74) is 6.41. The minimum absolute atomic E-state index is 0. The topological polar surface area (TPSA) is 31.0 Å². The Morgan fingerprint density at radius 1 is 0.838 bits per heavy atom. The van der Waals surface area contributed by atoms with Crippen LogP contribution in [0.5, 0.6) is 0 Å². The molecule has 0 N–H and O–H groups in total. The van der Waals surface area contributed by atoms with Crippen LogP contribution < -0.4 is 0 Å². The molecule has 0 atom stereocenters. The Labute approximate surface area is 227 Å². The van der Waals surface area contributed by atoms with Crippen molar-refractivity contribution in [1.29, 1.82) is 0 Å². The number of benzene rings is 4. The second kappa shape index (κ2) is 9.51. The Morgan fingerprint density at radius 3 is 2.22 bits per heavy atom. The summed E-state index contributed by atoms with van der Waals surface area (Å²) in [5.74, 6) is 0.399. The smallest absolute Gasteiger partial charge is 0.126 e. The van der Waals surface area contributed by atoms with Crippen LogP contribution >= 0.6 is 0 Å². The third-order valence-corrected chi connectivity index (χ3v) is 6.80. The van der Waals surface area contributed by atoms with Crippen LogP contribution in [0, 0.1) is 17.7 Å². The zero-order valence-corrected chi connectivity index (χ0v) is 23.3. The Kier molecular flexibility index (Phi) is 6.51. The molecular weight excluding hydrogens is 647 g/mol. The number of aromatic nitrogens is 2. The van der Waals surface area contributed by atoms with Crippen molar-refractivity contribution in [1.82, 2.24) is 9.55 Å². The van der Waals surface area contributed by atoms with Gasteiger partial charge in [0.2, 0.25) is 0 Å². The Morgan fingerprint density at radius 2 is 1.51 bits per heavy atom. The number of halogens is 2. The minimum atomic E-state index is -0.359. The molecule has 3 nitrogen and oxygen atoms in total. The summed E-state index contributed by atoms with van der Waals surface area (Å²) in [6, 6.07) is 22.7. The third kappa shape index (κ3) is 4.09. The van der Waals surface area contributed by atoms with Crippen LogP contribution in [-0.2, 0) is 20.1 Å². The number of fused-ring (bicyclic) bond motifs is 4. The second-order valence-corrected chi connectivity index (χ2v) is 9.84. The summed E-state index contributed by atoms with van der Waals surface area (Å²) in [7, 11) is 0. The van der Waals surface area contributed by atoms with Crippen LogP contribution in [0.3, 0.4) is 0 Å². The molecule has 0 amide bonds. The van der Waals surface area contributed by atoms with Gasteiger partial charge in [-0.1, -0.05) is 56.8 Å². The average molecular weight is 672 g/mol. The van der Waals surface area contributed by atoms with Crippen molar-refractivity contribution >= 4 is 33.0 Å². The molecule has 6 rings (SSSR count). The number of para-hydroxylation sites is 1. The molecule has 0 spiro atoms. The molecule has 6 aromatic rings. The fourth-order valence-electron chi connectivity index (χ4n) is 5.10. The van der Waals surface area contributed by atoms with Gasteiger partial charge >= 0.3 is 0 Å². The molecule has 0 aliphatic rings. The van der Waals surface area contributed by atoms with Crippen molar-refractivity contribution in [2.45, 2.75) is 39.5 Å². The minimum Gasteiger partial charge on any atom is -0.500 e. The van der Waals surface area contributed by atoms with Gasteiger partial charge < -0.3 is 8.98 Å². The van der Waals surface area contributed by atoms with Gasteiger partial charge in [0.1, 0.15) is 17.2 Å². The second-order valence-electron chi connectivity index (χ2n) is 9.84. The maximum Gasteiger partial charge on any atom is 0.126 e. The zero-order chi connectivity index (χ0) is 25.1. The molecule has 6 heteroatoms. The summed E-state index contributed by atoms with van der Waals surface area (Å²) < 4.78 is 36.6. The number of hydrogen-bond donors (Lipinski definition) is 0. The van der Waals surface area contributed by atoms with Crippen molar-refractivity contribution < 1.29 is 33.3 Å². The molecule has 2 heterocycles. The van der Waals surface area contributed by atoms with E-state index in [1.807, 2.05) is 12.1 Å². The number of imidazole rings is 1. The van der Waals surface area contributed by atoms with Gasteiger partial charge in [0.15, 0.2) is 0 Å². The molecule has 0 unspecified atom stereocenters. The maximum atomic E-state index is 14.3. The largest absolute Gasteiger partial charge is 0.500 e. The van der Waals surface area contributed by atoms with Gasteiger partial charge in [-0.3, -0.25) is 4.98 Å². The first kappa shape index (κ1) is 25.3. The van der Waals surface area contributed by atoms with E-state index in [1.54, 1.807) is 12.1 Å². The Balaban J connectivity index is 0.00000280. The Hall–Kier alpha value is -3.34. The molecule has 0 bridgehead atoms. The van der Waals surface area contributed by atoms with E-state index in [0.29, 0.717) is 28.1 Å². The zero-order valence-electron chi connectivity index (χ0n) is 20.9. The summed E-state index contributed by atoms with van der Waals surface area (Å²) in [6.07, 6.45) is 0. The predicted octanol–water partition coefficient (Wildman–Crippen LogP) is 8.91. The molecule has 0 aliphatic heterocycles. The monoisotopic (exact) mass is 672 g/mol. The SMILES string of the molecule is CC(C)c1cccc(C(C)C)c1-n1c(-c2[c-]ccc3c2oc2cc(F)ccc23)nc2cc(F)ccc21.[Ir]. The average Bonchev–Trinajstić information content (AvgIpc) is 3.40. The number of hydrogen-bond acceptors (Lipinski definition) is 2. The van der Waals surface area contributed by atoms with Crippen LogP contribution in [0.1, 0.15) is 50.7 Å². The predicted molar refractivity (Wildman–Crippen MR) is 141 cm³/mol. The number of nitrogens with zero attached hydrogens (tertiary/aromatic N) is 2. The molecule has 189 valence electrons. The van der Waals surface area contributed by atoms with Crippen molar-refractivity contribution in [3.8, 4) is 17.1 Å².